The standard InChI is InChI=1S/C30H36N6O2.C8H14N2O3.C3H8.C2H6O/c1-18(2)28(34-17-37)30(38)36-11-3-4-27(36)29-32-15-26(35-29)22-8-10-24-20(13-22)6-5-19-12-21(7-9-23(19)24)25-14-31-16-33-25;1-13-8(12)9-6-7(11)10-4-2-3-5-10;2*1-3-2/h12-18,27-28H,3-11H2,1-2H3,(H,31,33)(H,32,35)(H,34,37);2-6H2,1H3,(H,9,12);3H2,1-2H3;1-2H3. The highest BCUT2D eigenvalue weighted by Crippen LogP contribution is 2.45. The highest BCUT2D eigenvalue weighted by molar-refractivity contribution is 5.85. The Bertz CT molecular complexity index is 1760. The van der Waals surface area contributed by atoms with Gasteiger partial charge < -0.3 is 39.9 Å². The Labute approximate surface area is 338 Å². The smallest absolute Gasteiger partial charge is 0.407 e. The molecule has 4 amide bonds. The predicted molar refractivity (Wildman–Crippen MR) is 222 cm³/mol. The van der Waals surface area contributed by atoms with Gasteiger partial charge in [0.1, 0.15) is 18.4 Å². The molecule has 2 atom stereocenters. The van der Waals surface area contributed by atoms with Crippen LogP contribution in [-0.2, 0) is 23.9 Å². The largest absolute Gasteiger partial charge is 0.453 e. The van der Waals surface area contributed by atoms with Crippen molar-refractivity contribution >= 4 is 35.5 Å². The number of nitrogens with zero attached hydrogens (tertiary/aromatic N) is 4. The van der Waals surface area contributed by atoms with Crippen molar-refractivity contribution in [2.24, 2.45) is 5.92 Å². The highest BCUT2D eigenvalue weighted by atomic mass is 16.5. The van der Waals surface area contributed by atoms with Crippen LogP contribution in [0.2, 0.25) is 0 Å². The van der Waals surface area contributed by atoms with Gasteiger partial charge in [0.2, 0.25) is 18.2 Å². The maximum atomic E-state index is 13.3. The highest BCUT2D eigenvalue weighted by Gasteiger charge is 2.37. The number of likely N-dealkylation sites (tertiary alicyclic amines) is 2. The van der Waals surface area contributed by atoms with E-state index in [1.165, 1.54) is 35.8 Å². The number of amides is 4. The molecule has 14 nitrogen and oxygen atoms in total. The van der Waals surface area contributed by atoms with Gasteiger partial charge in [0.15, 0.2) is 0 Å². The molecule has 0 spiro atoms. The number of allylic oxidation sites excluding steroid dienone is 8. The van der Waals surface area contributed by atoms with Crippen molar-refractivity contribution < 1.29 is 28.7 Å². The molecule has 312 valence electrons. The van der Waals surface area contributed by atoms with Gasteiger partial charge in [-0.1, -0.05) is 46.3 Å². The normalized spacial score (nSPS) is 19.0. The van der Waals surface area contributed by atoms with Gasteiger partial charge in [0.05, 0.1) is 43.3 Å². The zero-order chi connectivity index (χ0) is 41.3. The molecule has 2 aliphatic heterocycles. The van der Waals surface area contributed by atoms with E-state index in [4.69, 9.17) is 4.98 Å². The van der Waals surface area contributed by atoms with E-state index >= 15 is 0 Å². The number of rotatable bonds is 9. The summed E-state index contributed by atoms with van der Waals surface area (Å²) in [5.41, 5.74) is 10.9. The van der Waals surface area contributed by atoms with Gasteiger partial charge in [-0.15, -0.1) is 0 Å². The van der Waals surface area contributed by atoms with Crippen molar-refractivity contribution in [3.8, 4) is 0 Å². The lowest BCUT2D eigenvalue weighted by Gasteiger charge is -2.31. The van der Waals surface area contributed by atoms with Gasteiger partial charge in [-0.3, -0.25) is 14.4 Å². The van der Waals surface area contributed by atoms with Gasteiger partial charge in [-0.05, 0) is 104 Å². The SMILES string of the molecule is CC(C)C(NC=O)C(=O)N1CCCC1c1ncc(C2=CC3=C(CC2)C2=C(C=C(c4cnc[nH]4)CC2)CC3)[nH]1.CCC.COC.COC(=O)NCC(=O)N1CCCC1. The first kappa shape index (κ1) is 44.7. The summed E-state index contributed by atoms with van der Waals surface area (Å²) < 4.78 is 8.59. The van der Waals surface area contributed by atoms with E-state index in [1.807, 2.05) is 31.1 Å². The monoisotopic (exact) mass is 788 g/mol. The lowest BCUT2D eigenvalue weighted by atomic mass is 9.74. The fourth-order valence-electron chi connectivity index (χ4n) is 7.92. The van der Waals surface area contributed by atoms with Gasteiger partial charge >= 0.3 is 6.09 Å². The Balaban J connectivity index is 0.000000316. The van der Waals surface area contributed by atoms with Crippen molar-refractivity contribution in [2.45, 2.75) is 110 Å². The minimum atomic E-state index is -0.562. The molecule has 14 heteroatoms. The molecule has 7 rings (SSSR count). The first-order chi connectivity index (χ1) is 27.6. The maximum Gasteiger partial charge on any atom is 0.407 e. The molecule has 0 saturated carbocycles. The number of nitrogens with one attached hydrogen (secondary N) is 4. The molecule has 0 aromatic carbocycles. The second-order valence-electron chi connectivity index (χ2n) is 15.2. The van der Waals surface area contributed by atoms with Crippen LogP contribution in [0, 0.1) is 5.92 Å². The van der Waals surface area contributed by atoms with Crippen molar-refractivity contribution in [3.63, 3.8) is 0 Å². The van der Waals surface area contributed by atoms with Crippen LogP contribution in [-0.4, -0.2) is 108 Å². The molecule has 2 saturated heterocycles. The topological polar surface area (TPSA) is 175 Å². The van der Waals surface area contributed by atoms with Gasteiger partial charge in [-0.2, -0.15) is 0 Å². The lowest BCUT2D eigenvalue weighted by molar-refractivity contribution is -0.137. The van der Waals surface area contributed by atoms with E-state index in [9.17, 15) is 19.2 Å². The number of hydrogen-bond donors (Lipinski definition) is 4. The Morgan fingerprint density at radius 2 is 1.51 bits per heavy atom. The molecule has 2 unspecified atom stereocenters. The van der Waals surface area contributed by atoms with Crippen molar-refractivity contribution in [3.05, 3.63) is 70.4 Å². The molecule has 4 heterocycles. The van der Waals surface area contributed by atoms with E-state index in [0.717, 1.165) is 94.5 Å². The second kappa shape index (κ2) is 22.7. The predicted octanol–water partition coefficient (Wildman–Crippen LogP) is 6.65. The molecule has 2 fully saturated rings. The number of alkyl carbamates (subject to hydrolysis) is 1. The van der Waals surface area contributed by atoms with E-state index in [-0.39, 0.29) is 30.3 Å². The molecular weight excluding hydrogens is 725 g/mol. The molecule has 4 N–H and O–H groups in total. The number of aromatic amines is 2. The zero-order valence-corrected chi connectivity index (χ0v) is 35.0. The van der Waals surface area contributed by atoms with Crippen LogP contribution in [0.15, 0.2) is 53.2 Å². The molecule has 0 radical (unpaired) electrons. The van der Waals surface area contributed by atoms with Crippen LogP contribution < -0.4 is 10.6 Å². The Kier molecular flexibility index (Phi) is 17.8. The third-order valence-corrected chi connectivity index (χ3v) is 10.6. The van der Waals surface area contributed by atoms with Crippen molar-refractivity contribution in [2.75, 3.05) is 47.5 Å². The first-order valence-electron chi connectivity index (χ1n) is 20.5. The third kappa shape index (κ3) is 12.0. The van der Waals surface area contributed by atoms with Gasteiger partial charge in [0, 0.05) is 33.9 Å². The fourth-order valence-corrected chi connectivity index (χ4v) is 7.92. The Morgan fingerprint density at radius 1 is 0.895 bits per heavy atom. The molecule has 2 aromatic rings. The molecule has 57 heavy (non-hydrogen) atoms. The van der Waals surface area contributed by atoms with Crippen LogP contribution in [0.5, 0.6) is 0 Å². The number of carbonyl (C=O) groups excluding carboxylic acids is 4. The number of ether oxygens (including phenoxy) is 2. The van der Waals surface area contributed by atoms with Crippen LogP contribution in [0.3, 0.4) is 0 Å². The summed E-state index contributed by atoms with van der Waals surface area (Å²) in [5.74, 6) is 0.807. The molecule has 5 aliphatic rings. The number of fused-ring (bicyclic) bond motifs is 1. The number of aromatic nitrogens is 4. The molecular formula is C43H64N8O6. The average molecular weight is 789 g/mol. The summed E-state index contributed by atoms with van der Waals surface area (Å²) in [6, 6.07) is -0.588. The first-order valence-corrected chi connectivity index (χ1v) is 20.5. The Morgan fingerprint density at radius 3 is 2.05 bits per heavy atom. The number of imidazole rings is 2. The number of H-pyrrole nitrogens is 2. The molecule has 2 aromatic heterocycles. The van der Waals surface area contributed by atoms with Crippen LogP contribution in [0.1, 0.15) is 122 Å². The van der Waals surface area contributed by atoms with Crippen molar-refractivity contribution in [1.82, 2.24) is 40.4 Å². The van der Waals surface area contributed by atoms with Crippen LogP contribution in [0.25, 0.3) is 11.1 Å². The van der Waals surface area contributed by atoms with Gasteiger partial charge in [0.25, 0.3) is 0 Å². The van der Waals surface area contributed by atoms with E-state index in [2.05, 4.69) is 61.1 Å². The number of methoxy groups -OCH3 is 2. The fraction of sp³-hybridized carbons (Fsp3) is 0.581. The summed E-state index contributed by atoms with van der Waals surface area (Å²) in [6.07, 6.45) is 22.0. The maximum absolute atomic E-state index is 13.3. The molecule has 3 aliphatic carbocycles. The van der Waals surface area contributed by atoms with E-state index in [1.54, 1.807) is 36.6 Å². The minimum Gasteiger partial charge on any atom is -0.453 e. The average Bonchev–Trinajstić information content (AvgIpc) is 4.06. The summed E-state index contributed by atoms with van der Waals surface area (Å²) in [7, 11) is 4.52. The summed E-state index contributed by atoms with van der Waals surface area (Å²) in [5, 5.41) is 5.07. The minimum absolute atomic E-state index is 0.0252. The van der Waals surface area contributed by atoms with E-state index in [0.29, 0.717) is 13.0 Å². The van der Waals surface area contributed by atoms with Crippen LogP contribution in [0.4, 0.5) is 4.79 Å². The summed E-state index contributed by atoms with van der Waals surface area (Å²) in [4.78, 5) is 65.7. The van der Waals surface area contributed by atoms with E-state index < -0.39 is 12.1 Å². The molecule has 0 bridgehead atoms. The lowest BCUT2D eigenvalue weighted by Crippen LogP contribution is -2.48. The van der Waals surface area contributed by atoms with Gasteiger partial charge in [-0.25, -0.2) is 14.8 Å². The van der Waals surface area contributed by atoms with Crippen molar-refractivity contribution in [1.29, 1.82) is 0 Å². The summed E-state index contributed by atoms with van der Waals surface area (Å²) >= 11 is 0. The number of carbonyl (C=O) groups is 4. The van der Waals surface area contributed by atoms with Crippen LogP contribution >= 0.6 is 0 Å². The second-order valence-corrected chi connectivity index (χ2v) is 15.2. The number of hydrogen-bond acceptors (Lipinski definition) is 8. The quantitative estimate of drug-likeness (QED) is 0.204. The summed E-state index contributed by atoms with van der Waals surface area (Å²) in [6.45, 7) is 10.5. The zero-order valence-electron chi connectivity index (χ0n) is 35.0. The third-order valence-electron chi connectivity index (χ3n) is 10.6. The Hall–Kier alpha value is -4.98.